The molecule has 3 heteroatoms. The highest BCUT2D eigenvalue weighted by atomic mass is 16.5. The van der Waals surface area contributed by atoms with Gasteiger partial charge in [-0.1, -0.05) is 25.7 Å². The lowest BCUT2D eigenvalue weighted by molar-refractivity contribution is 0.103. The molecule has 0 saturated heterocycles. The summed E-state index contributed by atoms with van der Waals surface area (Å²) < 4.78 is 5.68. The van der Waals surface area contributed by atoms with Crippen molar-refractivity contribution in [2.45, 2.75) is 57.4 Å². The van der Waals surface area contributed by atoms with Gasteiger partial charge in [0.15, 0.2) is 0 Å². The van der Waals surface area contributed by atoms with Gasteiger partial charge in [0.2, 0.25) is 0 Å². The summed E-state index contributed by atoms with van der Waals surface area (Å²) in [7, 11) is 2.20. The van der Waals surface area contributed by atoms with Crippen LogP contribution in [0.2, 0.25) is 0 Å². The van der Waals surface area contributed by atoms with Crippen LogP contribution < -0.4 is 5.32 Å². The monoisotopic (exact) mass is 268 g/mol. The van der Waals surface area contributed by atoms with Crippen molar-refractivity contribution in [3.05, 3.63) is 0 Å². The van der Waals surface area contributed by atoms with E-state index in [1.807, 2.05) is 0 Å². The molecule has 19 heavy (non-hydrogen) atoms. The van der Waals surface area contributed by atoms with Crippen molar-refractivity contribution in [1.82, 2.24) is 10.2 Å². The van der Waals surface area contributed by atoms with E-state index in [4.69, 9.17) is 4.74 Å². The zero-order valence-electron chi connectivity index (χ0n) is 12.7. The minimum Gasteiger partial charge on any atom is -0.380 e. The van der Waals surface area contributed by atoms with Crippen molar-refractivity contribution >= 4 is 0 Å². The number of nitrogens with one attached hydrogen (secondary N) is 1. The van der Waals surface area contributed by atoms with Gasteiger partial charge in [0.05, 0.1) is 6.61 Å². The molecule has 1 N–H and O–H groups in total. The summed E-state index contributed by atoms with van der Waals surface area (Å²) in [4.78, 5) is 2.39. The van der Waals surface area contributed by atoms with Crippen molar-refractivity contribution in [2.75, 3.05) is 39.9 Å². The summed E-state index contributed by atoms with van der Waals surface area (Å²) in [6, 6.07) is 0.780. The molecule has 0 aromatic rings. The van der Waals surface area contributed by atoms with Gasteiger partial charge in [-0.3, -0.25) is 0 Å². The van der Waals surface area contributed by atoms with E-state index in [9.17, 15) is 0 Å². The molecule has 2 rings (SSSR count). The summed E-state index contributed by atoms with van der Waals surface area (Å²) in [6.07, 6.45) is 11.3. The van der Waals surface area contributed by atoms with E-state index in [2.05, 4.69) is 17.3 Å². The molecule has 0 aromatic carbocycles. The first-order valence-electron chi connectivity index (χ1n) is 8.34. The maximum absolute atomic E-state index is 5.68. The number of hydrogen-bond acceptors (Lipinski definition) is 3. The molecule has 0 bridgehead atoms. The predicted molar refractivity (Wildman–Crippen MR) is 80.5 cm³/mol. The van der Waals surface area contributed by atoms with Crippen LogP contribution >= 0.6 is 0 Å². The highest BCUT2D eigenvalue weighted by molar-refractivity contribution is 4.72. The van der Waals surface area contributed by atoms with Gasteiger partial charge < -0.3 is 15.0 Å². The molecule has 2 fully saturated rings. The van der Waals surface area contributed by atoms with Crippen LogP contribution in [-0.4, -0.2) is 50.8 Å². The van der Waals surface area contributed by atoms with Crippen LogP contribution in [-0.2, 0) is 4.74 Å². The Labute approximate surface area is 119 Å². The van der Waals surface area contributed by atoms with Crippen LogP contribution in [0.3, 0.4) is 0 Å². The number of ether oxygens (including phenoxy) is 1. The van der Waals surface area contributed by atoms with E-state index in [1.54, 1.807) is 0 Å². The predicted octanol–water partition coefficient (Wildman–Crippen LogP) is 2.66. The highest BCUT2D eigenvalue weighted by Gasteiger charge is 2.20. The van der Waals surface area contributed by atoms with E-state index in [0.717, 1.165) is 44.8 Å². The number of likely N-dealkylation sites (N-methyl/N-ethyl adjacent to an activating group) is 1. The zero-order valence-corrected chi connectivity index (χ0v) is 12.7. The Bertz CT molecular complexity index is 223. The summed E-state index contributed by atoms with van der Waals surface area (Å²) in [5.74, 6) is 0.891. The van der Waals surface area contributed by atoms with E-state index in [1.165, 1.54) is 51.4 Å². The van der Waals surface area contributed by atoms with E-state index >= 15 is 0 Å². The first kappa shape index (κ1) is 15.3. The van der Waals surface area contributed by atoms with Crippen molar-refractivity contribution in [2.24, 2.45) is 5.92 Å². The molecule has 0 atom stereocenters. The minimum absolute atomic E-state index is 0.780. The van der Waals surface area contributed by atoms with Crippen molar-refractivity contribution in [3.8, 4) is 0 Å². The van der Waals surface area contributed by atoms with Gasteiger partial charge in [0.25, 0.3) is 0 Å². The van der Waals surface area contributed by atoms with E-state index < -0.39 is 0 Å². The molecule has 0 heterocycles. The van der Waals surface area contributed by atoms with Gasteiger partial charge >= 0.3 is 0 Å². The van der Waals surface area contributed by atoms with Crippen LogP contribution in [0, 0.1) is 5.92 Å². The second-order valence-corrected chi connectivity index (χ2v) is 6.46. The standard InChI is InChI=1S/C16H32N2O/c1-18(12-13-19-14-15-8-9-15)11-10-17-16-6-4-2-3-5-7-16/h15-17H,2-14H2,1H3. The Morgan fingerprint density at radius 3 is 2.42 bits per heavy atom. The fourth-order valence-electron chi connectivity index (χ4n) is 2.81. The Kier molecular flexibility index (Phi) is 7.18. The van der Waals surface area contributed by atoms with Crippen LogP contribution in [0.25, 0.3) is 0 Å². The molecule has 0 radical (unpaired) electrons. The van der Waals surface area contributed by atoms with Gasteiger partial charge in [-0.25, -0.2) is 0 Å². The quantitative estimate of drug-likeness (QED) is 0.514. The lowest BCUT2D eigenvalue weighted by Gasteiger charge is -2.20. The molecular formula is C16H32N2O. The molecule has 0 aromatic heterocycles. The highest BCUT2D eigenvalue weighted by Crippen LogP contribution is 2.28. The molecule has 0 spiro atoms. The van der Waals surface area contributed by atoms with Crippen molar-refractivity contribution < 1.29 is 4.74 Å². The van der Waals surface area contributed by atoms with Crippen LogP contribution in [0.4, 0.5) is 0 Å². The fraction of sp³-hybridized carbons (Fsp3) is 1.00. The molecule has 2 aliphatic rings. The minimum atomic E-state index is 0.780. The normalized spacial score (nSPS) is 21.8. The van der Waals surface area contributed by atoms with Crippen LogP contribution in [0.5, 0.6) is 0 Å². The largest absolute Gasteiger partial charge is 0.380 e. The summed E-state index contributed by atoms with van der Waals surface area (Å²) in [6.45, 7) is 5.23. The Morgan fingerprint density at radius 2 is 1.74 bits per heavy atom. The first-order valence-corrected chi connectivity index (χ1v) is 8.34. The fourth-order valence-corrected chi connectivity index (χ4v) is 2.81. The average Bonchev–Trinajstić information content (AvgIpc) is 3.22. The SMILES string of the molecule is CN(CCNC1CCCCCC1)CCOCC1CC1. The van der Waals surface area contributed by atoms with E-state index in [-0.39, 0.29) is 0 Å². The van der Waals surface area contributed by atoms with Crippen molar-refractivity contribution in [3.63, 3.8) is 0 Å². The Hall–Kier alpha value is -0.120. The van der Waals surface area contributed by atoms with Crippen LogP contribution in [0.1, 0.15) is 51.4 Å². The van der Waals surface area contributed by atoms with Gasteiger partial charge in [-0.15, -0.1) is 0 Å². The van der Waals surface area contributed by atoms with Gasteiger partial charge in [0, 0.05) is 32.3 Å². The third-order valence-corrected chi connectivity index (χ3v) is 4.45. The molecular weight excluding hydrogens is 236 g/mol. The summed E-state index contributed by atoms with van der Waals surface area (Å²) in [5, 5.41) is 3.73. The van der Waals surface area contributed by atoms with Gasteiger partial charge in [0.1, 0.15) is 0 Å². The van der Waals surface area contributed by atoms with Crippen LogP contribution in [0.15, 0.2) is 0 Å². The van der Waals surface area contributed by atoms with E-state index in [0.29, 0.717) is 0 Å². The number of nitrogens with zero attached hydrogens (tertiary/aromatic N) is 1. The van der Waals surface area contributed by atoms with Gasteiger partial charge in [-0.05, 0) is 38.6 Å². The Morgan fingerprint density at radius 1 is 1.00 bits per heavy atom. The summed E-state index contributed by atoms with van der Waals surface area (Å²) in [5.41, 5.74) is 0. The maximum Gasteiger partial charge on any atom is 0.0593 e. The lowest BCUT2D eigenvalue weighted by Crippen LogP contribution is -2.36. The molecule has 3 nitrogen and oxygen atoms in total. The Balaban J connectivity index is 1.42. The first-order chi connectivity index (χ1) is 9.34. The zero-order chi connectivity index (χ0) is 13.3. The summed E-state index contributed by atoms with van der Waals surface area (Å²) >= 11 is 0. The third kappa shape index (κ3) is 7.28. The molecule has 2 saturated carbocycles. The second kappa shape index (κ2) is 8.93. The van der Waals surface area contributed by atoms with Crippen molar-refractivity contribution in [1.29, 1.82) is 0 Å². The number of rotatable bonds is 9. The second-order valence-electron chi connectivity index (χ2n) is 6.46. The maximum atomic E-state index is 5.68. The number of hydrogen-bond donors (Lipinski definition) is 1. The average molecular weight is 268 g/mol. The molecule has 2 aliphatic carbocycles. The lowest BCUT2D eigenvalue weighted by atomic mass is 10.1. The smallest absolute Gasteiger partial charge is 0.0593 e. The molecule has 0 amide bonds. The molecule has 112 valence electrons. The van der Waals surface area contributed by atoms with Gasteiger partial charge in [-0.2, -0.15) is 0 Å². The third-order valence-electron chi connectivity index (χ3n) is 4.45. The molecule has 0 aliphatic heterocycles. The molecule has 0 unspecified atom stereocenters. The topological polar surface area (TPSA) is 24.5 Å².